The number of ether oxygens (including phenoxy) is 1. The van der Waals surface area contributed by atoms with E-state index in [0.29, 0.717) is 0 Å². The number of hydrogen-bond acceptors (Lipinski definition) is 4. The predicted octanol–water partition coefficient (Wildman–Crippen LogP) is 1.24. The number of anilines is 1. The van der Waals surface area contributed by atoms with Crippen LogP contribution in [-0.2, 0) is 11.2 Å². The van der Waals surface area contributed by atoms with E-state index in [2.05, 4.69) is 4.98 Å². The number of carbonyl (C=O) groups is 1. The van der Waals surface area contributed by atoms with Gasteiger partial charge in [-0.25, -0.2) is 8.78 Å². The first-order valence-corrected chi connectivity index (χ1v) is 4.28. The molecule has 5 nitrogen and oxygen atoms in total. The van der Waals surface area contributed by atoms with E-state index >= 15 is 0 Å². The van der Waals surface area contributed by atoms with Gasteiger partial charge in [0.05, 0.1) is 36.7 Å². The third-order valence-corrected chi connectivity index (χ3v) is 1.92. The normalized spacial score (nSPS) is 10.5. The summed E-state index contributed by atoms with van der Waals surface area (Å²) in [5.41, 5.74) is 4.54. The van der Waals surface area contributed by atoms with Crippen LogP contribution in [0, 0.1) is 0 Å². The van der Waals surface area contributed by atoms with E-state index in [1.54, 1.807) is 0 Å². The summed E-state index contributed by atoms with van der Waals surface area (Å²) in [5.74, 6) is -1.47. The molecule has 0 bridgehead atoms. The van der Waals surface area contributed by atoms with Gasteiger partial charge in [-0.1, -0.05) is 0 Å². The zero-order valence-electron chi connectivity index (χ0n) is 8.41. The molecule has 0 amide bonds. The summed E-state index contributed by atoms with van der Waals surface area (Å²) in [6.07, 6.45) is -2.39. The van der Waals surface area contributed by atoms with Crippen molar-refractivity contribution in [1.82, 2.24) is 4.98 Å². The summed E-state index contributed by atoms with van der Waals surface area (Å²) in [7, 11) is 1.18. The van der Waals surface area contributed by atoms with Gasteiger partial charge in [-0.05, 0) is 0 Å². The quantitative estimate of drug-likeness (QED) is 0.815. The molecule has 0 aliphatic carbocycles. The summed E-state index contributed by atoms with van der Waals surface area (Å²) in [5, 5.41) is 8.55. The van der Waals surface area contributed by atoms with Gasteiger partial charge in [0.1, 0.15) is 0 Å². The Labute approximate surface area is 89.9 Å². The fourth-order valence-electron chi connectivity index (χ4n) is 1.30. The van der Waals surface area contributed by atoms with Crippen LogP contribution in [0.15, 0.2) is 6.20 Å². The van der Waals surface area contributed by atoms with Crippen molar-refractivity contribution in [3.8, 4) is 5.75 Å². The number of aliphatic carboxylic acids is 1. The standard InChI is InChI=1S/C9H10F2N2O3/c1-16-8-4(12)3-13-5(2-6(14)15)7(8)9(10)11/h3,9H,2,12H2,1H3,(H,14,15). The molecule has 1 rings (SSSR count). The number of carboxylic acid groups (broad SMARTS) is 1. The zero-order chi connectivity index (χ0) is 12.3. The molecule has 0 spiro atoms. The number of methoxy groups -OCH3 is 1. The van der Waals surface area contributed by atoms with Gasteiger partial charge in [0.2, 0.25) is 0 Å². The molecule has 0 saturated carbocycles. The minimum absolute atomic E-state index is 0.0491. The maximum Gasteiger partial charge on any atom is 0.309 e. The molecule has 1 aromatic rings. The van der Waals surface area contributed by atoms with Gasteiger partial charge < -0.3 is 15.6 Å². The first-order chi connectivity index (χ1) is 7.47. The van der Waals surface area contributed by atoms with Crippen LogP contribution in [0.1, 0.15) is 17.7 Å². The Kier molecular flexibility index (Phi) is 3.60. The maximum absolute atomic E-state index is 12.7. The Balaban J connectivity index is 3.32. The fraction of sp³-hybridized carbons (Fsp3) is 0.333. The van der Waals surface area contributed by atoms with Crippen molar-refractivity contribution >= 4 is 11.7 Å². The number of halogens is 2. The van der Waals surface area contributed by atoms with Crippen LogP contribution >= 0.6 is 0 Å². The molecule has 0 fully saturated rings. The van der Waals surface area contributed by atoms with Gasteiger partial charge in [0.25, 0.3) is 6.43 Å². The summed E-state index contributed by atoms with van der Waals surface area (Å²) >= 11 is 0. The summed E-state index contributed by atoms with van der Waals surface area (Å²) in [6, 6.07) is 0. The van der Waals surface area contributed by atoms with Gasteiger partial charge in [-0.3, -0.25) is 9.78 Å². The Bertz CT molecular complexity index is 410. The topological polar surface area (TPSA) is 85.4 Å². The lowest BCUT2D eigenvalue weighted by Gasteiger charge is -2.13. The van der Waals surface area contributed by atoms with Gasteiger partial charge in [-0.15, -0.1) is 0 Å². The van der Waals surface area contributed by atoms with Crippen LogP contribution in [0.5, 0.6) is 5.75 Å². The first kappa shape index (κ1) is 12.2. The second-order valence-corrected chi connectivity index (χ2v) is 2.98. The second kappa shape index (κ2) is 4.73. The predicted molar refractivity (Wildman–Crippen MR) is 51.5 cm³/mol. The van der Waals surface area contributed by atoms with Gasteiger partial charge in [-0.2, -0.15) is 0 Å². The second-order valence-electron chi connectivity index (χ2n) is 2.98. The minimum Gasteiger partial charge on any atom is -0.494 e. The van der Waals surface area contributed by atoms with E-state index in [0.717, 1.165) is 6.20 Å². The van der Waals surface area contributed by atoms with Crippen LogP contribution in [0.25, 0.3) is 0 Å². The van der Waals surface area contributed by atoms with Crippen LogP contribution in [0.4, 0.5) is 14.5 Å². The van der Waals surface area contributed by atoms with E-state index in [-0.39, 0.29) is 17.1 Å². The Morgan fingerprint density at radius 2 is 2.31 bits per heavy atom. The third-order valence-electron chi connectivity index (χ3n) is 1.92. The van der Waals surface area contributed by atoms with Crippen molar-refractivity contribution in [3.63, 3.8) is 0 Å². The third kappa shape index (κ3) is 2.36. The molecule has 1 heterocycles. The highest BCUT2D eigenvalue weighted by Crippen LogP contribution is 2.35. The van der Waals surface area contributed by atoms with Crippen molar-refractivity contribution in [3.05, 3.63) is 17.5 Å². The molecular weight excluding hydrogens is 222 g/mol. The number of nitrogen functional groups attached to an aromatic ring is 1. The van der Waals surface area contributed by atoms with Crippen LogP contribution in [-0.4, -0.2) is 23.2 Å². The zero-order valence-corrected chi connectivity index (χ0v) is 8.41. The summed E-state index contributed by atoms with van der Waals surface area (Å²) in [6.45, 7) is 0. The van der Waals surface area contributed by atoms with Crippen LogP contribution < -0.4 is 10.5 Å². The molecule has 16 heavy (non-hydrogen) atoms. The molecule has 7 heteroatoms. The van der Waals surface area contributed by atoms with Gasteiger partial charge in [0, 0.05) is 0 Å². The highest BCUT2D eigenvalue weighted by molar-refractivity contribution is 5.71. The largest absolute Gasteiger partial charge is 0.494 e. The smallest absolute Gasteiger partial charge is 0.309 e. The molecular formula is C9H10F2N2O3. The lowest BCUT2D eigenvalue weighted by molar-refractivity contribution is -0.136. The van der Waals surface area contributed by atoms with Crippen LogP contribution in [0.3, 0.4) is 0 Å². The summed E-state index contributed by atoms with van der Waals surface area (Å²) < 4.78 is 30.2. The minimum atomic E-state index is -2.89. The average molecular weight is 232 g/mol. The van der Waals surface area contributed by atoms with Crippen LogP contribution in [0.2, 0.25) is 0 Å². The van der Waals surface area contributed by atoms with Gasteiger partial charge >= 0.3 is 5.97 Å². The lowest BCUT2D eigenvalue weighted by atomic mass is 10.1. The van der Waals surface area contributed by atoms with E-state index < -0.39 is 24.4 Å². The highest BCUT2D eigenvalue weighted by Gasteiger charge is 2.23. The molecule has 0 aliphatic heterocycles. The molecule has 0 radical (unpaired) electrons. The maximum atomic E-state index is 12.7. The Morgan fingerprint density at radius 3 is 2.75 bits per heavy atom. The SMILES string of the molecule is COc1c(N)cnc(CC(=O)O)c1C(F)F. The molecule has 0 unspecified atom stereocenters. The number of hydrogen-bond donors (Lipinski definition) is 2. The molecule has 0 aliphatic rings. The number of pyridine rings is 1. The monoisotopic (exact) mass is 232 g/mol. The number of nitrogens with zero attached hydrogens (tertiary/aromatic N) is 1. The van der Waals surface area contributed by atoms with Gasteiger partial charge in [0.15, 0.2) is 5.75 Å². The lowest BCUT2D eigenvalue weighted by Crippen LogP contribution is -2.09. The molecule has 0 saturated heterocycles. The van der Waals surface area contributed by atoms with Crippen molar-refractivity contribution in [2.24, 2.45) is 0 Å². The Hall–Kier alpha value is -1.92. The van der Waals surface area contributed by atoms with Crippen molar-refractivity contribution in [2.45, 2.75) is 12.8 Å². The summed E-state index contributed by atoms with van der Waals surface area (Å²) in [4.78, 5) is 14.1. The Morgan fingerprint density at radius 1 is 1.69 bits per heavy atom. The molecule has 1 aromatic heterocycles. The molecule has 0 atom stereocenters. The fourth-order valence-corrected chi connectivity index (χ4v) is 1.30. The average Bonchev–Trinajstić information content (AvgIpc) is 2.18. The van der Waals surface area contributed by atoms with Crippen molar-refractivity contribution in [2.75, 3.05) is 12.8 Å². The van der Waals surface area contributed by atoms with E-state index in [1.165, 1.54) is 7.11 Å². The van der Waals surface area contributed by atoms with E-state index in [1.807, 2.05) is 0 Å². The molecule has 0 aromatic carbocycles. The number of rotatable bonds is 4. The van der Waals surface area contributed by atoms with E-state index in [4.69, 9.17) is 15.6 Å². The first-order valence-electron chi connectivity index (χ1n) is 4.28. The highest BCUT2D eigenvalue weighted by atomic mass is 19.3. The van der Waals surface area contributed by atoms with Crippen molar-refractivity contribution in [1.29, 1.82) is 0 Å². The molecule has 88 valence electrons. The molecule has 3 N–H and O–H groups in total. The van der Waals surface area contributed by atoms with E-state index in [9.17, 15) is 13.6 Å². The number of alkyl halides is 2. The number of carboxylic acids is 1. The van der Waals surface area contributed by atoms with Crippen molar-refractivity contribution < 1.29 is 23.4 Å². The number of aromatic nitrogens is 1. The number of nitrogens with two attached hydrogens (primary N) is 1.